The molecule has 0 saturated heterocycles. The lowest BCUT2D eigenvalue weighted by Crippen LogP contribution is -2.14. The number of aromatic nitrogens is 2. The fourth-order valence-electron chi connectivity index (χ4n) is 4.03. The molecule has 5 rings (SSSR count). The second-order valence-electron chi connectivity index (χ2n) is 9.65. The Morgan fingerprint density at radius 1 is 1.00 bits per heavy atom. The van der Waals surface area contributed by atoms with E-state index in [-0.39, 0.29) is 11.3 Å². The third kappa shape index (κ3) is 5.26. The quantitative estimate of drug-likeness (QED) is 0.229. The topological polar surface area (TPSA) is 56.1 Å². The number of aryl methyl sites for hydroxylation is 1. The molecule has 0 unspecified atom stereocenters. The average molecular weight is 530 g/mol. The number of ether oxygens (including phenoxy) is 1. The van der Waals surface area contributed by atoms with Crippen LogP contribution in [-0.2, 0) is 5.41 Å². The predicted molar refractivity (Wildman–Crippen MR) is 153 cm³/mol. The lowest BCUT2D eigenvalue weighted by molar-refractivity contribution is 0.103. The monoisotopic (exact) mass is 529 g/mol. The highest BCUT2D eigenvalue weighted by Crippen LogP contribution is 2.32. The maximum absolute atomic E-state index is 13.0. The second-order valence-corrected chi connectivity index (χ2v) is 11.1. The minimum atomic E-state index is -0.161. The van der Waals surface area contributed by atoms with Crippen LogP contribution in [0.2, 0.25) is 5.02 Å². The second kappa shape index (κ2) is 10.0. The van der Waals surface area contributed by atoms with Crippen molar-refractivity contribution in [2.75, 3.05) is 5.32 Å². The molecule has 0 aliphatic rings. The molecule has 2 aromatic heterocycles. The third-order valence-electron chi connectivity index (χ3n) is 6.71. The van der Waals surface area contributed by atoms with Gasteiger partial charge in [-0.1, -0.05) is 44.5 Å². The Kier molecular flexibility index (Phi) is 6.80. The molecule has 3 aromatic carbocycles. The van der Waals surface area contributed by atoms with Gasteiger partial charge >= 0.3 is 0 Å². The third-order valence-corrected chi connectivity index (χ3v) is 8.07. The van der Waals surface area contributed by atoms with Crippen molar-refractivity contribution >= 4 is 44.7 Å². The number of hydrogen-bond acceptors (Lipinski definition) is 4. The summed E-state index contributed by atoms with van der Waals surface area (Å²) in [5.41, 5.74) is 3.90. The number of nitrogens with zero attached hydrogens (tertiary/aromatic N) is 2. The van der Waals surface area contributed by atoms with Crippen LogP contribution in [0.25, 0.3) is 15.9 Å². The van der Waals surface area contributed by atoms with Crippen LogP contribution in [0, 0.1) is 6.92 Å². The van der Waals surface area contributed by atoms with Crippen molar-refractivity contribution in [1.82, 2.24) is 9.78 Å². The zero-order chi connectivity index (χ0) is 26.2. The van der Waals surface area contributed by atoms with E-state index in [9.17, 15) is 4.79 Å². The molecular formula is C30H28ClN3O2S. The Morgan fingerprint density at radius 3 is 2.24 bits per heavy atom. The minimum absolute atomic E-state index is 0.140. The van der Waals surface area contributed by atoms with Crippen molar-refractivity contribution in [2.45, 2.75) is 39.5 Å². The highest BCUT2D eigenvalue weighted by Gasteiger charge is 2.19. The van der Waals surface area contributed by atoms with Crippen molar-refractivity contribution < 1.29 is 9.53 Å². The van der Waals surface area contributed by atoms with Crippen molar-refractivity contribution in [2.24, 2.45) is 0 Å². The van der Waals surface area contributed by atoms with E-state index in [1.165, 1.54) is 16.9 Å². The fourth-order valence-corrected chi connectivity index (χ4v) is 5.23. The summed E-state index contributed by atoms with van der Waals surface area (Å²) in [7, 11) is 0. The summed E-state index contributed by atoms with van der Waals surface area (Å²) in [6, 6.07) is 25.0. The molecule has 0 spiro atoms. The van der Waals surface area contributed by atoms with E-state index in [1.807, 2.05) is 78.3 Å². The van der Waals surface area contributed by atoms with Gasteiger partial charge in [-0.15, -0.1) is 11.3 Å². The number of carbonyl (C=O) groups excluding carboxylic acids is 1. The van der Waals surface area contributed by atoms with Crippen LogP contribution >= 0.6 is 22.9 Å². The van der Waals surface area contributed by atoms with Crippen molar-refractivity contribution in [3.8, 4) is 17.2 Å². The number of rotatable bonds is 7. The maximum atomic E-state index is 13.0. The number of benzene rings is 3. The molecule has 0 aliphatic carbocycles. The number of carbonyl (C=O) groups is 1. The van der Waals surface area contributed by atoms with Crippen LogP contribution in [0.5, 0.6) is 11.5 Å². The Hall–Kier alpha value is -3.61. The number of anilines is 1. The van der Waals surface area contributed by atoms with Crippen molar-refractivity contribution in [3.63, 3.8) is 0 Å². The van der Waals surface area contributed by atoms with Crippen molar-refractivity contribution in [3.05, 3.63) is 100 Å². The summed E-state index contributed by atoms with van der Waals surface area (Å²) in [6.45, 7) is 8.62. The number of halogens is 1. The van der Waals surface area contributed by atoms with Gasteiger partial charge in [0.15, 0.2) is 0 Å². The lowest BCUT2D eigenvalue weighted by Gasteiger charge is -2.23. The number of hydrogen-bond donors (Lipinski definition) is 1. The van der Waals surface area contributed by atoms with E-state index in [0.29, 0.717) is 21.3 Å². The van der Waals surface area contributed by atoms with Gasteiger partial charge in [0.1, 0.15) is 16.3 Å². The summed E-state index contributed by atoms with van der Waals surface area (Å²) in [6.07, 6.45) is 1.07. The summed E-state index contributed by atoms with van der Waals surface area (Å²) in [5, 5.41) is 9.25. The molecule has 0 radical (unpaired) electrons. The van der Waals surface area contributed by atoms with E-state index in [4.69, 9.17) is 16.3 Å². The molecule has 0 saturated carbocycles. The molecule has 0 atom stereocenters. The smallest absolute Gasteiger partial charge is 0.265 e. The molecule has 0 fully saturated rings. The number of thiophene rings is 1. The zero-order valence-corrected chi connectivity index (χ0v) is 22.8. The summed E-state index contributed by atoms with van der Waals surface area (Å²) in [5.74, 6) is 1.33. The van der Waals surface area contributed by atoms with Gasteiger partial charge in [0, 0.05) is 16.1 Å². The highest BCUT2D eigenvalue weighted by atomic mass is 35.5. The molecule has 5 nitrogen and oxygen atoms in total. The standard InChI is InChI=1S/C30H28ClN3O2S/c1-5-30(3,4)20-6-14-24(15-7-20)36-25-16-10-22(11-17-25)32-28(35)27-18-26-19(2)33-34(29(26)37-27)23-12-8-21(31)9-13-23/h6-18H,5H2,1-4H3,(H,32,35). The molecule has 188 valence electrons. The van der Waals surface area contributed by atoms with Crippen LogP contribution in [0.1, 0.15) is 48.1 Å². The highest BCUT2D eigenvalue weighted by molar-refractivity contribution is 7.20. The normalized spacial score (nSPS) is 11.6. The summed E-state index contributed by atoms with van der Waals surface area (Å²) < 4.78 is 7.85. The first-order valence-corrected chi connectivity index (χ1v) is 13.4. The van der Waals surface area contributed by atoms with Gasteiger partial charge in [-0.25, -0.2) is 4.68 Å². The Balaban J connectivity index is 1.28. The molecule has 1 N–H and O–H groups in total. The molecule has 37 heavy (non-hydrogen) atoms. The molecule has 5 aromatic rings. The molecular weight excluding hydrogens is 502 g/mol. The number of amides is 1. The summed E-state index contributed by atoms with van der Waals surface area (Å²) >= 11 is 7.44. The van der Waals surface area contributed by atoms with E-state index in [2.05, 4.69) is 43.3 Å². The zero-order valence-electron chi connectivity index (χ0n) is 21.2. The van der Waals surface area contributed by atoms with Crippen LogP contribution in [-0.4, -0.2) is 15.7 Å². The van der Waals surface area contributed by atoms with Crippen molar-refractivity contribution in [1.29, 1.82) is 0 Å². The van der Waals surface area contributed by atoms with Gasteiger partial charge in [-0.3, -0.25) is 4.79 Å². The van der Waals surface area contributed by atoms with E-state index in [1.54, 1.807) is 0 Å². The molecule has 0 aliphatic heterocycles. The summed E-state index contributed by atoms with van der Waals surface area (Å²) in [4.78, 5) is 14.6. The van der Waals surface area contributed by atoms with E-state index in [0.717, 1.165) is 33.8 Å². The molecule has 1 amide bonds. The van der Waals surface area contributed by atoms with E-state index < -0.39 is 0 Å². The first-order valence-electron chi connectivity index (χ1n) is 12.2. The predicted octanol–water partition coefficient (Wildman–Crippen LogP) is 8.78. The van der Waals surface area contributed by atoms with Gasteiger partial charge in [-0.05, 0) is 91.1 Å². The Morgan fingerprint density at radius 2 is 1.62 bits per heavy atom. The Labute approximate surface area is 225 Å². The Bertz CT molecular complexity index is 1550. The van der Waals surface area contributed by atoms with E-state index >= 15 is 0 Å². The van der Waals surface area contributed by atoms with Crippen LogP contribution < -0.4 is 10.1 Å². The SMILES string of the molecule is CCC(C)(C)c1ccc(Oc2ccc(NC(=O)c3cc4c(C)nn(-c5ccc(Cl)cc5)c4s3)cc2)cc1. The number of nitrogens with one attached hydrogen (secondary N) is 1. The number of fused-ring (bicyclic) bond motifs is 1. The molecule has 2 heterocycles. The first-order chi connectivity index (χ1) is 17.7. The fraction of sp³-hybridized carbons (Fsp3) is 0.200. The molecule has 7 heteroatoms. The minimum Gasteiger partial charge on any atom is -0.457 e. The van der Waals surface area contributed by atoms with Crippen LogP contribution in [0.4, 0.5) is 5.69 Å². The largest absolute Gasteiger partial charge is 0.457 e. The lowest BCUT2D eigenvalue weighted by atomic mass is 9.82. The molecule has 0 bridgehead atoms. The van der Waals surface area contributed by atoms with Crippen LogP contribution in [0.15, 0.2) is 78.9 Å². The first kappa shape index (κ1) is 25.1. The average Bonchev–Trinajstić information content (AvgIpc) is 3.47. The van der Waals surface area contributed by atoms with Gasteiger partial charge in [0.2, 0.25) is 0 Å². The van der Waals surface area contributed by atoms with Gasteiger partial charge in [-0.2, -0.15) is 5.10 Å². The van der Waals surface area contributed by atoms with Crippen LogP contribution in [0.3, 0.4) is 0 Å². The van der Waals surface area contributed by atoms with Gasteiger partial charge < -0.3 is 10.1 Å². The van der Waals surface area contributed by atoms with Gasteiger partial charge in [0.05, 0.1) is 16.3 Å². The maximum Gasteiger partial charge on any atom is 0.265 e. The van der Waals surface area contributed by atoms with Gasteiger partial charge in [0.25, 0.3) is 5.91 Å².